The molecule has 0 spiro atoms. The van der Waals surface area contributed by atoms with E-state index in [9.17, 15) is 9.59 Å². The molecular weight excluding hydrogens is 336 g/mol. The summed E-state index contributed by atoms with van der Waals surface area (Å²) in [5.74, 6) is -1.06. The predicted molar refractivity (Wildman–Crippen MR) is 91.1 cm³/mol. The Balaban J connectivity index is 2.43. The van der Waals surface area contributed by atoms with Gasteiger partial charge in [0.25, 0.3) is 0 Å². The Labute approximate surface area is 143 Å². The lowest BCUT2D eigenvalue weighted by molar-refractivity contribution is -0.138. The number of hydrogen-bond donors (Lipinski definition) is 0. The van der Waals surface area contributed by atoms with Crippen molar-refractivity contribution in [1.29, 1.82) is 0 Å². The van der Waals surface area contributed by atoms with Crippen LogP contribution in [0.4, 0.5) is 0 Å². The van der Waals surface area contributed by atoms with Crippen molar-refractivity contribution in [2.24, 2.45) is 0 Å². The van der Waals surface area contributed by atoms with E-state index in [1.165, 1.54) is 37.7 Å². The number of esters is 2. The number of methoxy groups -OCH3 is 3. The summed E-state index contributed by atoms with van der Waals surface area (Å²) in [6, 6.07) is 9.83. The summed E-state index contributed by atoms with van der Waals surface area (Å²) in [7, 11) is 4.21. The minimum Gasteiger partial charge on any atom is -0.465 e. The van der Waals surface area contributed by atoms with Gasteiger partial charge in [0.05, 0.1) is 20.8 Å². The van der Waals surface area contributed by atoms with Gasteiger partial charge in [-0.15, -0.1) is 23.5 Å². The van der Waals surface area contributed by atoms with E-state index < -0.39 is 11.9 Å². The Morgan fingerprint density at radius 1 is 0.957 bits per heavy atom. The SMILES string of the molecule is COC[C@@H]1SC(C(=O)OC)=C(C(=O)OC)S[C@H]1c1ccccc1. The number of ether oxygens (including phenoxy) is 3. The van der Waals surface area contributed by atoms with E-state index in [1.807, 2.05) is 30.3 Å². The zero-order chi connectivity index (χ0) is 16.8. The van der Waals surface area contributed by atoms with Crippen molar-refractivity contribution in [3.63, 3.8) is 0 Å². The van der Waals surface area contributed by atoms with Crippen LogP contribution in [0.5, 0.6) is 0 Å². The van der Waals surface area contributed by atoms with Crippen LogP contribution in [0.2, 0.25) is 0 Å². The quantitative estimate of drug-likeness (QED) is 0.754. The fourth-order valence-electron chi connectivity index (χ4n) is 2.20. The second kappa shape index (κ2) is 8.42. The van der Waals surface area contributed by atoms with E-state index >= 15 is 0 Å². The molecule has 1 aromatic rings. The lowest BCUT2D eigenvalue weighted by Crippen LogP contribution is -2.26. The molecule has 0 N–H and O–H groups in total. The summed E-state index contributed by atoms with van der Waals surface area (Å²) in [4.78, 5) is 24.7. The molecule has 0 aromatic heterocycles. The second-order valence-electron chi connectivity index (χ2n) is 4.70. The van der Waals surface area contributed by atoms with E-state index in [0.29, 0.717) is 6.61 Å². The van der Waals surface area contributed by atoms with Crippen LogP contribution in [0, 0.1) is 0 Å². The molecule has 1 aromatic carbocycles. The summed E-state index contributed by atoms with van der Waals surface area (Å²) in [5, 5.41) is -0.0430. The molecule has 5 nitrogen and oxygen atoms in total. The maximum atomic E-state index is 12.1. The van der Waals surface area contributed by atoms with Gasteiger partial charge in [0.2, 0.25) is 0 Å². The van der Waals surface area contributed by atoms with Crippen LogP contribution in [-0.4, -0.2) is 45.1 Å². The molecule has 0 radical (unpaired) electrons. The zero-order valence-corrected chi connectivity index (χ0v) is 14.7. The lowest BCUT2D eigenvalue weighted by Gasteiger charge is -2.31. The molecule has 0 unspecified atom stereocenters. The normalized spacial score (nSPS) is 21.0. The number of carbonyl (C=O) groups is 2. The molecule has 2 atom stereocenters. The number of carbonyl (C=O) groups excluding carboxylic acids is 2. The number of hydrogen-bond acceptors (Lipinski definition) is 7. The first-order valence-corrected chi connectivity index (χ1v) is 8.66. The van der Waals surface area contributed by atoms with E-state index in [2.05, 4.69) is 0 Å². The number of rotatable bonds is 5. The molecule has 7 heteroatoms. The van der Waals surface area contributed by atoms with Crippen molar-refractivity contribution in [1.82, 2.24) is 0 Å². The maximum absolute atomic E-state index is 12.1. The summed E-state index contributed by atoms with van der Waals surface area (Å²) >= 11 is 2.62. The zero-order valence-electron chi connectivity index (χ0n) is 13.1. The molecule has 1 heterocycles. The molecule has 2 rings (SSSR count). The van der Waals surface area contributed by atoms with Gasteiger partial charge in [-0.3, -0.25) is 0 Å². The smallest absolute Gasteiger partial charge is 0.345 e. The molecule has 1 aliphatic heterocycles. The molecular formula is C16H18O5S2. The predicted octanol–water partition coefficient (Wildman–Crippen LogP) is 2.78. The molecule has 0 amide bonds. The average Bonchev–Trinajstić information content (AvgIpc) is 2.61. The van der Waals surface area contributed by atoms with Crippen molar-refractivity contribution < 1.29 is 23.8 Å². The highest BCUT2D eigenvalue weighted by Gasteiger charge is 2.38. The van der Waals surface area contributed by atoms with Crippen LogP contribution in [-0.2, 0) is 23.8 Å². The largest absolute Gasteiger partial charge is 0.465 e. The van der Waals surface area contributed by atoms with Gasteiger partial charge in [0.1, 0.15) is 9.81 Å². The van der Waals surface area contributed by atoms with Crippen LogP contribution < -0.4 is 0 Å². The molecule has 0 bridgehead atoms. The molecule has 23 heavy (non-hydrogen) atoms. The third-order valence-electron chi connectivity index (χ3n) is 3.26. The van der Waals surface area contributed by atoms with Crippen molar-refractivity contribution in [3.8, 4) is 0 Å². The topological polar surface area (TPSA) is 61.8 Å². The average molecular weight is 354 g/mol. The highest BCUT2D eigenvalue weighted by atomic mass is 32.2. The van der Waals surface area contributed by atoms with E-state index in [4.69, 9.17) is 14.2 Å². The van der Waals surface area contributed by atoms with Crippen molar-refractivity contribution in [3.05, 3.63) is 45.7 Å². The fraction of sp³-hybridized carbons (Fsp3) is 0.375. The maximum Gasteiger partial charge on any atom is 0.345 e. The molecule has 0 aliphatic carbocycles. The monoisotopic (exact) mass is 354 g/mol. The second-order valence-corrected chi connectivity index (χ2v) is 7.10. The Morgan fingerprint density at radius 3 is 2.04 bits per heavy atom. The van der Waals surface area contributed by atoms with Gasteiger partial charge in [-0.05, 0) is 5.56 Å². The van der Waals surface area contributed by atoms with Crippen LogP contribution >= 0.6 is 23.5 Å². The van der Waals surface area contributed by atoms with E-state index in [0.717, 1.165) is 5.56 Å². The fourth-order valence-corrected chi connectivity index (χ4v) is 5.13. The lowest BCUT2D eigenvalue weighted by atomic mass is 10.1. The molecule has 0 saturated carbocycles. The van der Waals surface area contributed by atoms with Gasteiger partial charge < -0.3 is 14.2 Å². The summed E-state index contributed by atoms with van der Waals surface area (Å²) in [6.45, 7) is 0.451. The number of benzene rings is 1. The summed E-state index contributed by atoms with van der Waals surface area (Å²) < 4.78 is 14.9. The Bertz CT molecular complexity index is 600. The standard InChI is InChI=1S/C16H18O5S2/c1-19-9-11-12(10-7-5-4-6-8-10)23-14(16(18)21-3)13(22-11)15(17)20-2/h4-8,11-12H,9H2,1-3H3/t11-,12-/m0/s1. The molecule has 0 saturated heterocycles. The minimum absolute atomic E-state index is 0.0186. The van der Waals surface area contributed by atoms with Crippen molar-refractivity contribution in [2.45, 2.75) is 10.5 Å². The van der Waals surface area contributed by atoms with Gasteiger partial charge in [0.15, 0.2) is 0 Å². The summed E-state index contributed by atoms with van der Waals surface area (Å²) in [5.41, 5.74) is 1.07. The van der Waals surface area contributed by atoms with E-state index in [-0.39, 0.29) is 20.3 Å². The molecule has 124 valence electrons. The van der Waals surface area contributed by atoms with Crippen LogP contribution in [0.15, 0.2) is 40.1 Å². The highest BCUT2D eigenvalue weighted by molar-refractivity contribution is 8.11. The minimum atomic E-state index is -0.532. The van der Waals surface area contributed by atoms with Gasteiger partial charge >= 0.3 is 11.9 Å². The van der Waals surface area contributed by atoms with Gasteiger partial charge in [-0.25, -0.2) is 9.59 Å². The Morgan fingerprint density at radius 2 is 1.52 bits per heavy atom. The van der Waals surface area contributed by atoms with Crippen LogP contribution in [0.1, 0.15) is 10.8 Å². The number of thioether (sulfide) groups is 2. The third-order valence-corrected chi connectivity index (χ3v) is 6.34. The molecule has 1 aliphatic rings. The van der Waals surface area contributed by atoms with Gasteiger partial charge in [-0.1, -0.05) is 30.3 Å². The summed E-state index contributed by atoms with van der Waals surface area (Å²) in [6.07, 6.45) is 0. The third kappa shape index (κ3) is 4.10. The molecule has 0 fully saturated rings. The van der Waals surface area contributed by atoms with E-state index in [1.54, 1.807) is 7.11 Å². The highest BCUT2D eigenvalue weighted by Crippen LogP contribution is 2.51. The Kier molecular flexibility index (Phi) is 6.56. The first-order valence-electron chi connectivity index (χ1n) is 6.90. The first kappa shape index (κ1) is 17.9. The van der Waals surface area contributed by atoms with Crippen LogP contribution in [0.25, 0.3) is 0 Å². The van der Waals surface area contributed by atoms with Crippen molar-refractivity contribution >= 4 is 35.5 Å². The Hall–Kier alpha value is -1.44. The van der Waals surface area contributed by atoms with Crippen molar-refractivity contribution in [2.75, 3.05) is 27.9 Å². The van der Waals surface area contributed by atoms with Crippen LogP contribution in [0.3, 0.4) is 0 Å². The first-order chi connectivity index (χ1) is 11.1. The van der Waals surface area contributed by atoms with Gasteiger partial charge in [0, 0.05) is 17.6 Å². The van der Waals surface area contributed by atoms with Gasteiger partial charge in [-0.2, -0.15) is 0 Å².